The number of fused-ring (bicyclic) bond motifs is 1. The Morgan fingerprint density at radius 3 is 2.39 bits per heavy atom. The minimum Gasteiger partial charge on any atom is -0.495 e. The molecule has 1 saturated heterocycles. The molecule has 0 saturated carbocycles. The third-order valence-electron chi connectivity index (χ3n) is 6.69. The molecule has 9 heteroatoms. The van der Waals surface area contributed by atoms with E-state index in [-0.39, 0.29) is 23.7 Å². The lowest BCUT2D eigenvalue weighted by Gasteiger charge is -2.37. The minimum atomic E-state index is -0.291. The SMILES string of the molecule is CCCSc1ccccc1N1CCN(CCCCn2c(=O)c3cccc(OC)c3n(C)c2=O)CC1.Cl. The van der Waals surface area contributed by atoms with Crippen LogP contribution >= 0.6 is 24.2 Å². The van der Waals surface area contributed by atoms with Gasteiger partial charge in [0.2, 0.25) is 0 Å². The lowest BCUT2D eigenvalue weighted by atomic mass is 10.2. The van der Waals surface area contributed by atoms with Crippen LogP contribution in [0.25, 0.3) is 10.9 Å². The van der Waals surface area contributed by atoms with Gasteiger partial charge >= 0.3 is 5.69 Å². The summed E-state index contributed by atoms with van der Waals surface area (Å²) in [5.41, 5.74) is 1.37. The molecule has 0 bridgehead atoms. The van der Waals surface area contributed by atoms with Gasteiger partial charge in [-0.2, -0.15) is 0 Å². The summed E-state index contributed by atoms with van der Waals surface area (Å²) in [5.74, 6) is 1.69. The first-order valence-electron chi connectivity index (χ1n) is 12.5. The number of hydrogen-bond acceptors (Lipinski definition) is 6. The smallest absolute Gasteiger partial charge is 0.331 e. The first kappa shape index (κ1) is 28.2. The number of anilines is 1. The maximum Gasteiger partial charge on any atom is 0.331 e. The molecule has 0 N–H and O–H groups in total. The van der Waals surface area contributed by atoms with Gasteiger partial charge in [0.25, 0.3) is 5.56 Å². The molecule has 0 spiro atoms. The van der Waals surface area contributed by atoms with E-state index in [2.05, 4.69) is 41.0 Å². The maximum absolute atomic E-state index is 13.0. The van der Waals surface area contributed by atoms with E-state index in [1.165, 1.54) is 26.1 Å². The van der Waals surface area contributed by atoms with Crippen molar-refractivity contribution in [1.29, 1.82) is 0 Å². The monoisotopic (exact) mass is 532 g/mol. The zero-order valence-corrected chi connectivity index (χ0v) is 23.1. The largest absolute Gasteiger partial charge is 0.495 e. The zero-order valence-electron chi connectivity index (χ0n) is 21.4. The van der Waals surface area contributed by atoms with Crippen molar-refractivity contribution in [3.05, 3.63) is 63.3 Å². The Hall–Kier alpha value is -2.42. The van der Waals surface area contributed by atoms with Gasteiger partial charge in [-0.3, -0.25) is 18.8 Å². The average molecular weight is 533 g/mol. The molecule has 3 aromatic rings. The Morgan fingerprint density at radius 1 is 0.944 bits per heavy atom. The van der Waals surface area contributed by atoms with Crippen LogP contribution < -0.4 is 20.9 Å². The van der Waals surface area contributed by atoms with E-state index >= 15 is 0 Å². The number of benzene rings is 2. The number of nitrogens with zero attached hydrogens (tertiary/aromatic N) is 4. The molecular weight excluding hydrogens is 496 g/mol. The molecular formula is C27H37ClN4O3S. The van der Waals surface area contributed by atoms with Crippen LogP contribution in [-0.2, 0) is 13.6 Å². The van der Waals surface area contributed by atoms with E-state index < -0.39 is 0 Å². The molecule has 2 aromatic carbocycles. The number of ether oxygens (including phenoxy) is 1. The number of hydrogen-bond donors (Lipinski definition) is 0. The highest BCUT2D eigenvalue weighted by atomic mass is 35.5. The van der Waals surface area contributed by atoms with E-state index in [1.807, 2.05) is 11.8 Å². The van der Waals surface area contributed by atoms with E-state index in [9.17, 15) is 9.59 Å². The molecule has 0 unspecified atom stereocenters. The standard InChI is InChI=1S/C27H36N4O3S.ClH/c1-4-20-35-24-13-6-5-11-22(24)30-18-16-29(17-19-30)14-7-8-15-31-26(32)21-10-9-12-23(34-3)25(21)28(2)27(31)33;/h5-6,9-13H,4,7-8,14-20H2,1-3H3;1H. The average Bonchev–Trinajstić information content (AvgIpc) is 2.90. The zero-order chi connectivity index (χ0) is 24.8. The molecule has 1 aromatic heterocycles. The maximum atomic E-state index is 13.0. The molecule has 0 amide bonds. The van der Waals surface area contributed by atoms with Gasteiger partial charge in [0, 0.05) is 44.7 Å². The van der Waals surface area contributed by atoms with Crippen LogP contribution in [0.15, 0.2) is 56.9 Å². The summed E-state index contributed by atoms with van der Waals surface area (Å²) in [5, 5.41) is 0.514. The number of unbranched alkanes of at least 4 members (excludes halogenated alkanes) is 1. The van der Waals surface area contributed by atoms with Gasteiger partial charge in [-0.25, -0.2) is 4.79 Å². The Morgan fingerprint density at radius 2 is 1.67 bits per heavy atom. The van der Waals surface area contributed by atoms with Crippen LogP contribution in [-0.4, -0.2) is 59.6 Å². The molecule has 1 fully saturated rings. The van der Waals surface area contributed by atoms with Crippen LogP contribution in [0.5, 0.6) is 5.75 Å². The van der Waals surface area contributed by atoms with E-state index in [0.717, 1.165) is 51.3 Å². The summed E-state index contributed by atoms with van der Waals surface area (Å²) in [6.45, 7) is 7.75. The highest BCUT2D eigenvalue weighted by Crippen LogP contribution is 2.31. The number of halogens is 1. The van der Waals surface area contributed by atoms with Crippen molar-refractivity contribution >= 4 is 40.8 Å². The molecule has 0 atom stereocenters. The van der Waals surface area contributed by atoms with Crippen molar-refractivity contribution in [3.8, 4) is 5.75 Å². The summed E-state index contributed by atoms with van der Waals surface area (Å²) in [6, 6.07) is 14.1. The summed E-state index contributed by atoms with van der Waals surface area (Å²) >= 11 is 1.94. The fourth-order valence-electron chi connectivity index (χ4n) is 4.78. The van der Waals surface area contributed by atoms with Crippen LogP contribution in [0, 0.1) is 0 Å². The summed E-state index contributed by atoms with van der Waals surface area (Å²) in [4.78, 5) is 32.3. The van der Waals surface area contributed by atoms with Gasteiger partial charge in [-0.05, 0) is 55.8 Å². The minimum absolute atomic E-state index is 0. The Labute approximate surface area is 223 Å². The van der Waals surface area contributed by atoms with Crippen molar-refractivity contribution in [2.45, 2.75) is 37.6 Å². The topological polar surface area (TPSA) is 59.7 Å². The van der Waals surface area contributed by atoms with Crippen LogP contribution in [0.4, 0.5) is 5.69 Å². The second-order valence-corrected chi connectivity index (χ2v) is 10.1. The second-order valence-electron chi connectivity index (χ2n) is 9.01. The Kier molecular flexibility index (Phi) is 10.3. The Balaban J connectivity index is 0.00000361. The molecule has 0 radical (unpaired) electrons. The molecule has 2 heterocycles. The lowest BCUT2D eigenvalue weighted by molar-refractivity contribution is 0.250. The predicted molar refractivity (Wildman–Crippen MR) is 153 cm³/mol. The van der Waals surface area contributed by atoms with E-state index in [1.54, 1.807) is 32.4 Å². The lowest BCUT2D eigenvalue weighted by Crippen LogP contribution is -2.46. The third-order valence-corrected chi connectivity index (χ3v) is 7.96. The van der Waals surface area contributed by atoms with Gasteiger partial charge in [0.1, 0.15) is 11.3 Å². The van der Waals surface area contributed by atoms with Crippen molar-refractivity contribution in [2.24, 2.45) is 7.05 Å². The van der Waals surface area contributed by atoms with Crippen molar-refractivity contribution in [3.63, 3.8) is 0 Å². The van der Waals surface area contributed by atoms with Gasteiger partial charge in [-0.15, -0.1) is 24.2 Å². The number of methoxy groups -OCH3 is 1. The third kappa shape index (κ3) is 6.10. The number of aromatic nitrogens is 2. The molecule has 7 nitrogen and oxygen atoms in total. The van der Waals surface area contributed by atoms with Gasteiger partial charge in [-0.1, -0.05) is 25.1 Å². The van der Waals surface area contributed by atoms with Crippen molar-refractivity contribution in [1.82, 2.24) is 14.0 Å². The van der Waals surface area contributed by atoms with Gasteiger partial charge in [0.05, 0.1) is 18.2 Å². The quantitative estimate of drug-likeness (QED) is 0.287. The molecule has 0 aliphatic carbocycles. The molecule has 196 valence electrons. The van der Waals surface area contributed by atoms with Crippen LogP contribution in [0.1, 0.15) is 26.2 Å². The number of rotatable bonds is 10. The van der Waals surface area contributed by atoms with Crippen LogP contribution in [0.2, 0.25) is 0 Å². The van der Waals surface area contributed by atoms with Crippen molar-refractivity contribution in [2.75, 3.05) is 50.5 Å². The Bertz CT molecular complexity index is 1270. The second kappa shape index (κ2) is 13.2. The first-order chi connectivity index (χ1) is 17.0. The molecule has 36 heavy (non-hydrogen) atoms. The summed E-state index contributed by atoms with van der Waals surface area (Å²) in [7, 11) is 3.25. The van der Waals surface area contributed by atoms with Crippen LogP contribution in [0.3, 0.4) is 0 Å². The highest BCUT2D eigenvalue weighted by Gasteiger charge is 2.19. The van der Waals surface area contributed by atoms with Gasteiger partial charge in [0.15, 0.2) is 0 Å². The first-order valence-corrected chi connectivity index (χ1v) is 13.5. The van der Waals surface area contributed by atoms with E-state index in [4.69, 9.17) is 4.74 Å². The fourth-order valence-corrected chi connectivity index (χ4v) is 5.73. The normalized spacial score (nSPS) is 14.1. The number of aryl methyl sites for hydroxylation is 1. The summed E-state index contributed by atoms with van der Waals surface area (Å²) < 4.78 is 8.25. The summed E-state index contributed by atoms with van der Waals surface area (Å²) in [6.07, 6.45) is 2.93. The molecule has 1 aliphatic heterocycles. The molecule has 1 aliphatic rings. The number of thioether (sulfide) groups is 1. The number of para-hydroxylation sites is 2. The predicted octanol–water partition coefficient (Wildman–Crippen LogP) is 4.24. The highest BCUT2D eigenvalue weighted by molar-refractivity contribution is 7.99. The van der Waals surface area contributed by atoms with E-state index in [0.29, 0.717) is 23.2 Å². The van der Waals surface area contributed by atoms with Crippen molar-refractivity contribution < 1.29 is 4.74 Å². The van der Waals surface area contributed by atoms with Gasteiger partial charge < -0.3 is 9.64 Å². The number of piperazine rings is 1. The fraction of sp³-hybridized carbons (Fsp3) is 0.481. The molecule has 4 rings (SSSR count).